The molecule has 1 heterocycles. The van der Waals surface area contributed by atoms with E-state index in [1.165, 1.54) is 5.56 Å². The minimum absolute atomic E-state index is 0.0467. The van der Waals surface area contributed by atoms with Gasteiger partial charge < -0.3 is 14.4 Å². The van der Waals surface area contributed by atoms with Crippen molar-refractivity contribution in [2.75, 3.05) is 14.1 Å². The molecule has 0 bridgehead atoms. The van der Waals surface area contributed by atoms with Crippen LogP contribution in [0.2, 0.25) is 0 Å². The van der Waals surface area contributed by atoms with Crippen molar-refractivity contribution >= 4 is 10.8 Å². The minimum atomic E-state index is -0.0467. The van der Waals surface area contributed by atoms with Crippen LogP contribution in [0.4, 0.5) is 0 Å². The van der Waals surface area contributed by atoms with E-state index in [0.29, 0.717) is 5.76 Å². The van der Waals surface area contributed by atoms with Gasteiger partial charge in [0.1, 0.15) is 12.4 Å². The maximum Gasteiger partial charge on any atom is 0.136 e. The van der Waals surface area contributed by atoms with Gasteiger partial charge in [0.05, 0.1) is 6.26 Å². The molecule has 0 aliphatic rings. The lowest BCUT2D eigenvalue weighted by molar-refractivity contribution is 0.249. The Morgan fingerprint density at radius 2 is 2.13 bits per heavy atom. The van der Waals surface area contributed by atoms with Crippen LogP contribution in [0.3, 0.4) is 0 Å². The van der Waals surface area contributed by atoms with Crippen molar-refractivity contribution in [2.24, 2.45) is 0 Å². The molecule has 0 unspecified atom stereocenters. The lowest BCUT2D eigenvalue weighted by Crippen LogP contribution is -2.10. The van der Waals surface area contributed by atoms with E-state index in [9.17, 15) is 0 Å². The zero-order valence-electron chi connectivity index (χ0n) is 9.03. The molecule has 0 radical (unpaired) electrons. The maximum absolute atomic E-state index is 9.09. The molecule has 0 amide bonds. The third kappa shape index (κ3) is 2.03. The molecule has 15 heavy (non-hydrogen) atoms. The molecule has 2 rings (SSSR count). The van der Waals surface area contributed by atoms with Crippen molar-refractivity contribution in [1.29, 1.82) is 0 Å². The SMILES string of the molecule is CN(C)Cc1ccc2coc(CO)c2c1. The van der Waals surface area contributed by atoms with Gasteiger partial charge in [-0.25, -0.2) is 0 Å². The predicted octanol–water partition coefficient (Wildman–Crippen LogP) is 1.99. The molecule has 0 aliphatic heterocycles. The second-order valence-electron chi connectivity index (χ2n) is 3.98. The minimum Gasteiger partial charge on any atom is -0.466 e. The van der Waals surface area contributed by atoms with Crippen LogP contribution < -0.4 is 0 Å². The average Bonchev–Trinajstić information content (AvgIpc) is 2.59. The van der Waals surface area contributed by atoms with Crippen LogP contribution >= 0.6 is 0 Å². The lowest BCUT2D eigenvalue weighted by Gasteiger charge is -2.09. The van der Waals surface area contributed by atoms with Gasteiger partial charge in [0.25, 0.3) is 0 Å². The van der Waals surface area contributed by atoms with Crippen molar-refractivity contribution in [3.8, 4) is 0 Å². The van der Waals surface area contributed by atoms with E-state index >= 15 is 0 Å². The summed E-state index contributed by atoms with van der Waals surface area (Å²) in [5.41, 5.74) is 1.23. The molecule has 0 saturated carbocycles. The van der Waals surface area contributed by atoms with Crippen LogP contribution in [0, 0.1) is 0 Å². The van der Waals surface area contributed by atoms with Crippen molar-refractivity contribution in [1.82, 2.24) is 4.90 Å². The summed E-state index contributed by atoms with van der Waals surface area (Å²) in [6, 6.07) is 6.18. The molecule has 0 spiro atoms. The number of fused-ring (bicyclic) bond motifs is 1. The molecule has 3 nitrogen and oxygen atoms in total. The largest absolute Gasteiger partial charge is 0.466 e. The van der Waals surface area contributed by atoms with Gasteiger partial charge in [-0.1, -0.05) is 12.1 Å². The summed E-state index contributed by atoms with van der Waals surface area (Å²) in [4.78, 5) is 2.11. The normalized spacial score (nSPS) is 11.5. The highest BCUT2D eigenvalue weighted by atomic mass is 16.4. The number of aliphatic hydroxyl groups is 1. The van der Waals surface area contributed by atoms with E-state index in [0.717, 1.165) is 17.3 Å². The van der Waals surface area contributed by atoms with Crippen molar-refractivity contribution < 1.29 is 9.52 Å². The highest BCUT2D eigenvalue weighted by molar-refractivity contribution is 5.84. The number of benzene rings is 1. The monoisotopic (exact) mass is 205 g/mol. The van der Waals surface area contributed by atoms with Gasteiger partial charge in [0.2, 0.25) is 0 Å². The van der Waals surface area contributed by atoms with Crippen LogP contribution in [0.15, 0.2) is 28.9 Å². The first-order chi connectivity index (χ1) is 7.20. The number of furan rings is 1. The van der Waals surface area contributed by atoms with Crippen molar-refractivity contribution in [2.45, 2.75) is 13.2 Å². The number of rotatable bonds is 3. The molecule has 3 heteroatoms. The van der Waals surface area contributed by atoms with E-state index < -0.39 is 0 Å². The first-order valence-corrected chi connectivity index (χ1v) is 4.95. The van der Waals surface area contributed by atoms with E-state index in [2.05, 4.69) is 17.0 Å². The molecule has 1 N–H and O–H groups in total. The van der Waals surface area contributed by atoms with Gasteiger partial charge in [-0.05, 0) is 25.7 Å². The van der Waals surface area contributed by atoms with Gasteiger partial charge in [0.15, 0.2) is 0 Å². The summed E-state index contributed by atoms with van der Waals surface area (Å²) in [6.07, 6.45) is 1.68. The zero-order valence-corrected chi connectivity index (χ0v) is 9.03. The van der Waals surface area contributed by atoms with Crippen LogP contribution in [-0.2, 0) is 13.2 Å². The van der Waals surface area contributed by atoms with E-state index in [4.69, 9.17) is 9.52 Å². The predicted molar refractivity (Wildman–Crippen MR) is 59.5 cm³/mol. The van der Waals surface area contributed by atoms with Gasteiger partial charge >= 0.3 is 0 Å². The highest BCUT2D eigenvalue weighted by Crippen LogP contribution is 2.22. The second kappa shape index (κ2) is 4.04. The van der Waals surface area contributed by atoms with Crippen LogP contribution in [-0.4, -0.2) is 24.1 Å². The quantitative estimate of drug-likeness (QED) is 0.832. The molecule has 2 aromatic rings. The number of hydrogen-bond acceptors (Lipinski definition) is 3. The van der Waals surface area contributed by atoms with Crippen molar-refractivity contribution in [3.63, 3.8) is 0 Å². The summed E-state index contributed by atoms with van der Waals surface area (Å²) in [7, 11) is 4.07. The van der Waals surface area contributed by atoms with Gasteiger partial charge in [-0.2, -0.15) is 0 Å². The Balaban J connectivity index is 2.43. The third-order valence-electron chi connectivity index (χ3n) is 2.39. The fourth-order valence-corrected chi connectivity index (χ4v) is 1.73. The van der Waals surface area contributed by atoms with E-state index in [1.807, 2.05) is 20.2 Å². The summed E-state index contributed by atoms with van der Waals surface area (Å²) in [5, 5.41) is 11.1. The first-order valence-electron chi connectivity index (χ1n) is 4.95. The molecule has 0 fully saturated rings. The Bertz CT molecular complexity index is 460. The summed E-state index contributed by atoms with van der Waals surface area (Å²) >= 11 is 0. The molecule has 0 saturated heterocycles. The second-order valence-corrected chi connectivity index (χ2v) is 3.98. The third-order valence-corrected chi connectivity index (χ3v) is 2.39. The molecule has 1 aromatic carbocycles. The molecule has 80 valence electrons. The molecule has 0 atom stereocenters. The van der Waals surface area contributed by atoms with E-state index in [1.54, 1.807) is 6.26 Å². The molecule has 1 aromatic heterocycles. The summed E-state index contributed by atoms with van der Waals surface area (Å²) < 4.78 is 5.26. The van der Waals surface area contributed by atoms with Gasteiger partial charge in [0, 0.05) is 17.3 Å². The van der Waals surface area contributed by atoms with Crippen LogP contribution in [0.25, 0.3) is 10.8 Å². The molecular weight excluding hydrogens is 190 g/mol. The van der Waals surface area contributed by atoms with Crippen LogP contribution in [0.5, 0.6) is 0 Å². The average molecular weight is 205 g/mol. The topological polar surface area (TPSA) is 36.6 Å². The Morgan fingerprint density at radius 1 is 1.33 bits per heavy atom. The van der Waals surface area contributed by atoms with Crippen LogP contribution in [0.1, 0.15) is 11.3 Å². The lowest BCUT2D eigenvalue weighted by atomic mass is 10.1. The molecular formula is C12H15NO2. The number of hydrogen-bond donors (Lipinski definition) is 1. The van der Waals surface area contributed by atoms with Gasteiger partial charge in [-0.3, -0.25) is 0 Å². The Hall–Kier alpha value is -1.32. The molecule has 0 aliphatic carbocycles. The highest BCUT2D eigenvalue weighted by Gasteiger charge is 2.06. The number of nitrogens with zero attached hydrogens (tertiary/aromatic N) is 1. The Labute approximate surface area is 88.9 Å². The summed E-state index contributed by atoms with van der Waals surface area (Å²) in [6.45, 7) is 0.848. The number of aliphatic hydroxyl groups excluding tert-OH is 1. The smallest absolute Gasteiger partial charge is 0.136 e. The van der Waals surface area contributed by atoms with Gasteiger partial charge in [-0.15, -0.1) is 0 Å². The van der Waals surface area contributed by atoms with Crippen molar-refractivity contribution in [3.05, 3.63) is 35.8 Å². The maximum atomic E-state index is 9.09. The standard InChI is InChI=1S/C12H15NO2/c1-13(2)6-9-3-4-10-8-15-12(7-14)11(10)5-9/h3-5,8,14H,6-7H2,1-2H3. The Kier molecular flexibility index (Phi) is 2.75. The summed E-state index contributed by atoms with van der Waals surface area (Å²) in [5.74, 6) is 0.644. The Morgan fingerprint density at radius 3 is 2.80 bits per heavy atom. The fraction of sp³-hybridized carbons (Fsp3) is 0.333. The van der Waals surface area contributed by atoms with E-state index in [-0.39, 0.29) is 6.61 Å². The first kappa shape index (κ1) is 10.2. The zero-order chi connectivity index (χ0) is 10.8. The fourth-order valence-electron chi connectivity index (χ4n) is 1.73.